The monoisotopic (exact) mass is 278 g/mol. The lowest BCUT2D eigenvalue weighted by atomic mass is 10.1. The predicted octanol–water partition coefficient (Wildman–Crippen LogP) is 1.03. The average Bonchev–Trinajstić information content (AvgIpc) is 2.91. The van der Waals surface area contributed by atoms with Crippen LogP contribution in [0, 0.1) is 15.3 Å². The van der Waals surface area contributed by atoms with E-state index in [0.29, 0.717) is 29.0 Å². The van der Waals surface area contributed by atoms with Crippen LogP contribution in [0.15, 0.2) is 23.0 Å². The maximum Gasteiger partial charge on any atom is 0.310 e. The number of ether oxygens (including phenoxy) is 1. The zero-order valence-electron chi connectivity index (χ0n) is 10.2. The van der Waals surface area contributed by atoms with Crippen LogP contribution in [0.5, 0.6) is 0 Å². The minimum absolute atomic E-state index is 0.0439. The number of nitrogens with zero attached hydrogens (tertiary/aromatic N) is 3. The standard InChI is InChI=1S/C11H10N4O5/c16-14-5-8(12-10-2-4-20-13-10)11(15(17)18)7-6-19-3-1-9(7)14/h2,4-5H,1,3,6H2,(H,12,13). The smallest absolute Gasteiger partial charge is 0.310 e. The molecule has 2 aromatic rings. The molecule has 0 saturated carbocycles. The molecule has 0 aromatic carbocycles. The molecule has 0 unspecified atom stereocenters. The summed E-state index contributed by atoms with van der Waals surface area (Å²) in [6.45, 7) is 0.421. The number of nitrogens with one attached hydrogen (secondary N) is 1. The highest BCUT2D eigenvalue weighted by Crippen LogP contribution is 2.33. The Balaban J connectivity index is 2.13. The molecule has 0 atom stereocenters. The van der Waals surface area contributed by atoms with Crippen LogP contribution in [0.25, 0.3) is 0 Å². The van der Waals surface area contributed by atoms with Gasteiger partial charge in [0.25, 0.3) is 0 Å². The summed E-state index contributed by atoms with van der Waals surface area (Å²) >= 11 is 0. The van der Waals surface area contributed by atoms with Crippen molar-refractivity contribution in [2.75, 3.05) is 11.9 Å². The van der Waals surface area contributed by atoms with Crippen LogP contribution in [0.3, 0.4) is 0 Å². The van der Waals surface area contributed by atoms with Crippen LogP contribution >= 0.6 is 0 Å². The highest BCUT2D eigenvalue weighted by atomic mass is 16.6. The van der Waals surface area contributed by atoms with Gasteiger partial charge in [0.1, 0.15) is 11.8 Å². The van der Waals surface area contributed by atoms with Gasteiger partial charge in [-0.15, -0.1) is 0 Å². The lowest BCUT2D eigenvalue weighted by molar-refractivity contribution is -0.615. The second kappa shape index (κ2) is 4.78. The van der Waals surface area contributed by atoms with Crippen LogP contribution in [-0.2, 0) is 17.8 Å². The Morgan fingerprint density at radius 3 is 3.05 bits per heavy atom. The van der Waals surface area contributed by atoms with Gasteiger partial charge in [-0.25, -0.2) is 0 Å². The van der Waals surface area contributed by atoms with Crippen molar-refractivity contribution in [2.45, 2.75) is 13.0 Å². The first-order chi connectivity index (χ1) is 9.66. The molecule has 3 heterocycles. The molecule has 0 aliphatic carbocycles. The zero-order valence-corrected chi connectivity index (χ0v) is 10.2. The maximum atomic E-state index is 11.9. The minimum Gasteiger partial charge on any atom is -0.618 e. The number of nitro groups is 1. The average molecular weight is 278 g/mol. The molecule has 9 heteroatoms. The Bertz CT molecular complexity index is 655. The van der Waals surface area contributed by atoms with E-state index in [2.05, 4.69) is 15.0 Å². The molecule has 104 valence electrons. The lowest BCUT2D eigenvalue weighted by Gasteiger charge is -2.17. The molecule has 1 aliphatic heterocycles. The van der Waals surface area contributed by atoms with Crippen molar-refractivity contribution in [1.82, 2.24) is 5.16 Å². The van der Waals surface area contributed by atoms with E-state index in [1.165, 1.54) is 12.3 Å². The van der Waals surface area contributed by atoms with Crippen LogP contribution in [0.1, 0.15) is 11.3 Å². The van der Waals surface area contributed by atoms with E-state index in [-0.39, 0.29) is 23.8 Å². The van der Waals surface area contributed by atoms with Crippen molar-refractivity contribution in [3.05, 3.63) is 45.1 Å². The normalized spacial score (nSPS) is 13.8. The third-order valence-corrected chi connectivity index (χ3v) is 3.01. The Hall–Kier alpha value is -2.68. The summed E-state index contributed by atoms with van der Waals surface area (Å²) in [5, 5.41) is 29.5. The van der Waals surface area contributed by atoms with Gasteiger partial charge < -0.3 is 19.8 Å². The van der Waals surface area contributed by atoms with Crippen LogP contribution < -0.4 is 10.0 Å². The Morgan fingerprint density at radius 2 is 2.35 bits per heavy atom. The SMILES string of the molecule is O=[N+]([O-])c1c(Nc2ccon2)c[n+]([O-])c2c1COCC2. The molecular weight excluding hydrogens is 268 g/mol. The van der Waals surface area contributed by atoms with E-state index >= 15 is 0 Å². The fourth-order valence-corrected chi connectivity index (χ4v) is 2.16. The van der Waals surface area contributed by atoms with Crippen LogP contribution in [-0.4, -0.2) is 16.7 Å². The number of fused-ring (bicyclic) bond motifs is 1. The van der Waals surface area contributed by atoms with Gasteiger partial charge in [-0.1, -0.05) is 5.16 Å². The summed E-state index contributed by atoms with van der Waals surface area (Å²) in [4.78, 5) is 10.8. The molecule has 0 fully saturated rings. The molecule has 2 aromatic heterocycles. The number of hydrogen-bond acceptors (Lipinski definition) is 7. The van der Waals surface area contributed by atoms with E-state index in [1.807, 2.05) is 0 Å². The van der Waals surface area contributed by atoms with Gasteiger partial charge in [0, 0.05) is 6.07 Å². The summed E-state index contributed by atoms with van der Waals surface area (Å²) in [6.07, 6.45) is 2.81. The topological polar surface area (TPSA) is 117 Å². The highest BCUT2D eigenvalue weighted by molar-refractivity contribution is 5.69. The molecule has 0 bridgehead atoms. The van der Waals surface area contributed by atoms with Gasteiger partial charge >= 0.3 is 5.69 Å². The van der Waals surface area contributed by atoms with Crippen LogP contribution in [0.2, 0.25) is 0 Å². The quantitative estimate of drug-likeness (QED) is 0.385. The predicted molar refractivity (Wildman–Crippen MR) is 65.2 cm³/mol. The van der Waals surface area contributed by atoms with Gasteiger partial charge in [-0.3, -0.25) is 10.1 Å². The molecular formula is C11H10N4O5. The Kier molecular flexibility index (Phi) is 2.95. The fraction of sp³-hybridized carbons (Fsp3) is 0.273. The summed E-state index contributed by atoms with van der Waals surface area (Å²) in [5.74, 6) is 0.282. The van der Waals surface area contributed by atoms with Crippen molar-refractivity contribution in [2.24, 2.45) is 0 Å². The van der Waals surface area contributed by atoms with Crippen molar-refractivity contribution in [3.8, 4) is 0 Å². The number of anilines is 2. The van der Waals surface area contributed by atoms with E-state index in [4.69, 9.17) is 4.74 Å². The number of pyridine rings is 1. The third kappa shape index (κ3) is 2.03. The summed E-state index contributed by atoms with van der Waals surface area (Å²) < 4.78 is 10.5. The number of rotatable bonds is 3. The van der Waals surface area contributed by atoms with Crippen molar-refractivity contribution >= 4 is 17.2 Å². The van der Waals surface area contributed by atoms with Crippen molar-refractivity contribution in [1.29, 1.82) is 0 Å². The van der Waals surface area contributed by atoms with Gasteiger partial charge in [-0.2, -0.15) is 4.73 Å². The van der Waals surface area contributed by atoms with E-state index in [9.17, 15) is 15.3 Å². The highest BCUT2D eigenvalue weighted by Gasteiger charge is 2.32. The van der Waals surface area contributed by atoms with Crippen molar-refractivity contribution < 1.29 is 18.9 Å². The van der Waals surface area contributed by atoms with E-state index < -0.39 is 4.92 Å². The summed E-state index contributed by atoms with van der Waals surface area (Å²) in [6, 6.07) is 1.49. The third-order valence-electron chi connectivity index (χ3n) is 3.01. The maximum absolute atomic E-state index is 11.9. The number of aromatic nitrogens is 2. The molecule has 0 spiro atoms. The van der Waals surface area contributed by atoms with E-state index in [0.717, 1.165) is 6.20 Å². The largest absolute Gasteiger partial charge is 0.618 e. The lowest BCUT2D eigenvalue weighted by Crippen LogP contribution is -2.36. The number of hydrogen-bond donors (Lipinski definition) is 1. The minimum atomic E-state index is -0.532. The summed E-state index contributed by atoms with van der Waals surface area (Å²) in [7, 11) is 0. The molecule has 0 radical (unpaired) electrons. The molecule has 9 nitrogen and oxygen atoms in total. The first-order valence-electron chi connectivity index (χ1n) is 5.84. The first kappa shape index (κ1) is 12.4. The molecule has 1 N–H and O–H groups in total. The van der Waals surface area contributed by atoms with Crippen LogP contribution in [0.4, 0.5) is 17.2 Å². The fourth-order valence-electron chi connectivity index (χ4n) is 2.16. The molecule has 0 amide bonds. The van der Waals surface area contributed by atoms with Gasteiger partial charge in [0.15, 0.2) is 11.5 Å². The van der Waals surface area contributed by atoms with Crippen molar-refractivity contribution in [3.63, 3.8) is 0 Å². The Labute approximate surface area is 112 Å². The molecule has 3 rings (SSSR count). The Morgan fingerprint density at radius 1 is 1.50 bits per heavy atom. The summed E-state index contributed by atoms with van der Waals surface area (Å²) in [5.41, 5.74) is 0.552. The first-order valence-corrected chi connectivity index (χ1v) is 5.84. The van der Waals surface area contributed by atoms with Gasteiger partial charge in [-0.05, 0) is 0 Å². The molecule has 1 aliphatic rings. The second-order valence-electron chi connectivity index (χ2n) is 4.21. The van der Waals surface area contributed by atoms with Gasteiger partial charge in [0.05, 0.1) is 24.6 Å². The van der Waals surface area contributed by atoms with Gasteiger partial charge in [0.2, 0.25) is 11.9 Å². The molecule has 0 saturated heterocycles. The zero-order chi connectivity index (χ0) is 14.1. The van der Waals surface area contributed by atoms with E-state index in [1.54, 1.807) is 0 Å². The molecule has 20 heavy (non-hydrogen) atoms. The second-order valence-corrected chi connectivity index (χ2v) is 4.21.